The monoisotopic (exact) mass is 214 g/mol. The molecule has 6 nitrogen and oxygen atoms in total. The Bertz CT molecular complexity index is 456. The predicted molar refractivity (Wildman–Crippen MR) is 50.8 cm³/mol. The maximum Gasteiger partial charge on any atom is 0.251 e. The fourth-order valence-electron chi connectivity index (χ4n) is 0.749. The lowest BCUT2D eigenvalue weighted by molar-refractivity contribution is 0.596. The van der Waals surface area contributed by atoms with Crippen LogP contribution >= 0.6 is 0 Å². The average Bonchev–Trinajstić information content (AvgIpc) is 2.50. The summed E-state index contributed by atoms with van der Waals surface area (Å²) >= 11 is 0. The van der Waals surface area contributed by atoms with Crippen molar-refractivity contribution >= 4 is 16.0 Å². The van der Waals surface area contributed by atoms with Crippen molar-refractivity contribution in [1.29, 1.82) is 5.26 Å². The van der Waals surface area contributed by atoms with Gasteiger partial charge < -0.3 is 4.57 Å². The first-order valence-corrected chi connectivity index (χ1v) is 5.40. The molecule has 0 spiro atoms. The molecule has 0 fully saturated rings. The zero-order chi connectivity index (χ0) is 10.8. The quantitative estimate of drug-likeness (QED) is 0.771. The molecule has 0 radical (unpaired) electrons. The minimum atomic E-state index is -3.65. The van der Waals surface area contributed by atoms with E-state index in [4.69, 9.17) is 5.26 Å². The van der Waals surface area contributed by atoms with Gasteiger partial charge in [0.25, 0.3) is 10.0 Å². The molecule has 0 aliphatic rings. The smallest absolute Gasteiger partial charge is 0.251 e. The van der Waals surface area contributed by atoms with Crippen molar-refractivity contribution in [3.63, 3.8) is 0 Å². The standard InChI is InChI=1S/C7H10N4O2S/c1-6(5-8)14(12,13)10-7-9-3-4-11(7)2/h3-4,6H,1-2H3,(H,9,10). The van der Waals surface area contributed by atoms with Crippen molar-refractivity contribution in [2.75, 3.05) is 4.72 Å². The van der Waals surface area contributed by atoms with Crippen LogP contribution in [0.5, 0.6) is 0 Å². The Kier molecular flexibility index (Phi) is 2.76. The molecule has 0 saturated carbocycles. The number of hydrogen-bond donors (Lipinski definition) is 1. The number of imidazole rings is 1. The van der Waals surface area contributed by atoms with E-state index in [0.29, 0.717) is 0 Å². The van der Waals surface area contributed by atoms with Crippen LogP contribution in [0, 0.1) is 11.3 Å². The van der Waals surface area contributed by atoms with Gasteiger partial charge in [-0.3, -0.25) is 4.72 Å². The third-order valence-corrected chi connectivity index (χ3v) is 3.21. The summed E-state index contributed by atoms with van der Waals surface area (Å²) < 4.78 is 26.5. The molecular weight excluding hydrogens is 204 g/mol. The number of hydrogen-bond acceptors (Lipinski definition) is 4. The van der Waals surface area contributed by atoms with Gasteiger partial charge in [0.05, 0.1) is 6.07 Å². The second kappa shape index (κ2) is 3.67. The normalized spacial score (nSPS) is 13.2. The second-order valence-electron chi connectivity index (χ2n) is 2.78. The Morgan fingerprint density at radius 2 is 2.36 bits per heavy atom. The summed E-state index contributed by atoms with van der Waals surface area (Å²) in [5.41, 5.74) is 0. The van der Waals surface area contributed by atoms with Gasteiger partial charge >= 0.3 is 0 Å². The van der Waals surface area contributed by atoms with Crippen LogP contribution in [0.25, 0.3) is 0 Å². The van der Waals surface area contributed by atoms with Gasteiger partial charge in [-0.1, -0.05) is 0 Å². The van der Waals surface area contributed by atoms with E-state index >= 15 is 0 Å². The highest BCUT2D eigenvalue weighted by molar-refractivity contribution is 7.93. The zero-order valence-corrected chi connectivity index (χ0v) is 8.61. The van der Waals surface area contributed by atoms with Crippen molar-refractivity contribution in [3.8, 4) is 6.07 Å². The number of rotatable bonds is 3. The number of sulfonamides is 1. The largest absolute Gasteiger partial charge is 0.320 e. The fourth-order valence-corrected chi connectivity index (χ4v) is 1.52. The van der Waals surface area contributed by atoms with E-state index in [-0.39, 0.29) is 5.95 Å². The topological polar surface area (TPSA) is 87.8 Å². The summed E-state index contributed by atoms with van der Waals surface area (Å²) in [5, 5.41) is 7.37. The summed E-state index contributed by atoms with van der Waals surface area (Å²) in [6.45, 7) is 1.31. The molecule has 0 aliphatic carbocycles. The Morgan fingerprint density at radius 1 is 1.71 bits per heavy atom. The van der Waals surface area contributed by atoms with Gasteiger partial charge in [-0.25, -0.2) is 13.4 Å². The van der Waals surface area contributed by atoms with E-state index in [1.807, 2.05) is 0 Å². The van der Waals surface area contributed by atoms with Gasteiger partial charge in [-0.05, 0) is 6.92 Å². The highest BCUT2D eigenvalue weighted by Gasteiger charge is 2.21. The van der Waals surface area contributed by atoms with Crippen LogP contribution in [0.3, 0.4) is 0 Å². The molecule has 14 heavy (non-hydrogen) atoms. The Morgan fingerprint density at radius 3 is 2.79 bits per heavy atom. The average molecular weight is 214 g/mol. The van der Waals surface area contributed by atoms with Crippen LogP contribution in [-0.4, -0.2) is 23.2 Å². The lowest BCUT2D eigenvalue weighted by Crippen LogP contribution is -2.25. The van der Waals surface area contributed by atoms with Gasteiger partial charge in [0, 0.05) is 19.4 Å². The van der Waals surface area contributed by atoms with E-state index in [9.17, 15) is 8.42 Å². The molecular formula is C7H10N4O2S. The van der Waals surface area contributed by atoms with Gasteiger partial charge in [0.2, 0.25) is 5.95 Å². The Hall–Kier alpha value is -1.55. The predicted octanol–water partition coefficient (Wildman–Crippen LogP) is 0.0739. The first-order chi connectivity index (χ1) is 6.47. The molecule has 0 bridgehead atoms. The molecule has 1 heterocycles. The first kappa shape index (κ1) is 10.5. The van der Waals surface area contributed by atoms with Crippen molar-refractivity contribution in [2.45, 2.75) is 12.2 Å². The Balaban J connectivity index is 2.91. The summed E-state index contributed by atoms with van der Waals surface area (Å²) in [6, 6.07) is 1.65. The maximum atomic E-state index is 11.4. The third-order valence-electron chi connectivity index (χ3n) is 1.70. The molecule has 7 heteroatoms. The number of nitrogens with zero attached hydrogens (tertiary/aromatic N) is 3. The van der Waals surface area contributed by atoms with Gasteiger partial charge in [0.15, 0.2) is 5.25 Å². The van der Waals surface area contributed by atoms with Crippen LogP contribution in [-0.2, 0) is 17.1 Å². The van der Waals surface area contributed by atoms with Gasteiger partial charge in [0.1, 0.15) is 0 Å². The van der Waals surface area contributed by atoms with E-state index in [0.717, 1.165) is 0 Å². The number of aryl methyl sites for hydroxylation is 1. The molecule has 1 N–H and O–H groups in total. The summed E-state index contributed by atoms with van der Waals surface area (Å²) in [7, 11) is -2.00. The number of nitriles is 1. The van der Waals surface area contributed by atoms with E-state index in [2.05, 4.69) is 9.71 Å². The van der Waals surface area contributed by atoms with Crippen molar-refractivity contribution in [2.24, 2.45) is 7.05 Å². The zero-order valence-electron chi connectivity index (χ0n) is 7.80. The fraction of sp³-hybridized carbons (Fsp3) is 0.429. The van der Waals surface area contributed by atoms with Crippen LogP contribution in [0.15, 0.2) is 12.4 Å². The number of aromatic nitrogens is 2. The van der Waals surface area contributed by atoms with Crippen molar-refractivity contribution in [1.82, 2.24) is 9.55 Å². The highest BCUT2D eigenvalue weighted by Crippen LogP contribution is 2.07. The lowest BCUT2D eigenvalue weighted by Gasteiger charge is -2.07. The molecule has 1 aromatic rings. The summed E-state index contributed by atoms with van der Waals surface area (Å²) in [6.07, 6.45) is 3.07. The summed E-state index contributed by atoms with van der Waals surface area (Å²) in [4.78, 5) is 3.78. The van der Waals surface area contributed by atoms with Gasteiger partial charge in [-0.15, -0.1) is 0 Å². The molecule has 0 aliphatic heterocycles. The first-order valence-electron chi connectivity index (χ1n) is 3.86. The Labute approximate surface area is 82.2 Å². The lowest BCUT2D eigenvalue weighted by atomic mass is 10.5. The molecule has 1 atom stereocenters. The molecule has 1 rings (SSSR count). The SMILES string of the molecule is CC(C#N)S(=O)(=O)Nc1nccn1C. The van der Waals surface area contributed by atoms with Crippen LogP contribution < -0.4 is 4.72 Å². The third kappa shape index (κ3) is 2.03. The number of anilines is 1. The van der Waals surface area contributed by atoms with E-state index in [1.165, 1.54) is 17.7 Å². The minimum absolute atomic E-state index is 0.201. The minimum Gasteiger partial charge on any atom is -0.320 e. The summed E-state index contributed by atoms with van der Waals surface area (Å²) in [5.74, 6) is 0.201. The maximum absolute atomic E-state index is 11.4. The van der Waals surface area contributed by atoms with E-state index < -0.39 is 15.3 Å². The molecule has 1 aromatic heterocycles. The van der Waals surface area contributed by atoms with Crippen molar-refractivity contribution in [3.05, 3.63) is 12.4 Å². The molecule has 0 saturated heterocycles. The molecule has 0 aromatic carbocycles. The molecule has 0 amide bonds. The van der Waals surface area contributed by atoms with E-state index in [1.54, 1.807) is 19.3 Å². The molecule has 1 unspecified atom stereocenters. The van der Waals surface area contributed by atoms with Crippen molar-refractivity contribution < 1.29 is 8.42 Å². The molecule has 76 valence electrons. The van der Waals surface area contributed by atoms with Gasteiger partial charge in [-0.2, -0.15) is 5.26 Å². The second-order valence-corrected chi connectivity index (χ2v) is 4.78. The van der Waals surface area contributed by atoms with Crippen LogP contribution in [0.1, 0.15) is 6.92 Å². The number of nitrogens with one attached hydrogen (secondary N) is 1. The van der Waals surface area contributed by atoms with Crippen LogP contribution in [0.2, 0.25) is 0 Å². The highest BCUT2D eigenvalue weighted by atomic mass is 32.2. The van der Waals surface area contributed by atoms with Crippen LogP contribution in [0.4, 0.5) is 5.95 Å².